The fourth-order valence-electron chi connectivity index (χ4n) is 1.76. The topological polar surface area (TPSA) is 64.3 Å². The lowest BCUT2D eigenvalue weighted by molar-refractivity contribution is -0.120. The van der Waals surface area contributed by atoms with Crippen molar-refractivity contribution in [3.8, 4) is 0 Å². The van der Waals surface area contributed by atoms with Crippen LogP contribution in [0.25, 0.3) is 0 Å². The molecule has 0 radical (unpaired) electrons. The number of ether oxygens (including phenoxy) is 1. The van der Waals surface area contributed by atoms with Gasteiger partial charge in [0.1, 0.15) is 0 Å². The van der Waals surface area contributed by atoms with Crippen molar-refractivity contribution in [3.05, 3.63) is 0 Å². The van der Waals surface area contributed by atoms with Gasteiger partial charge in [-0.05, 0) is 26.2 Å². The summed E-state index contributed by atoms with van der Waals surface area (Å²) in [6, 6.07) is -0.226. The minimum Gasteiger partial charge on any atom is -0.374 e. The number of hydrogen-bond donors (Lipinski definition) is 2. The Kier molecular flexibility index (Phi) is 3.89. The lowest BCUT2D eigenvalue weighted by atomic mass is 10.0. The van der Waals surface area contributed by atoms with Crippen LogP contribution in [0, 0.1) is 0 Å². The molecule has 2 unspecified atom stereocenters. The molecule has 14 heavy (non-hydrogen) atoms. The fourth-order valence-corrected chi connectivity index (χ4v) is 1.76. The fraction of sp³-hybridized carbons (Fsp3) is 0.900. The van der Waals surface area contributed by atoms with Gasteiger partial charge in [0.05, 0.1) is 11.6 Å². The van der Waals surface area contributed by atoms with E-state index in [-0.39, 0.29) is 17.6 Å². The van der Waals surface area contributed by atoms with Gasteiger partial charge in [0.15, 0.2) is 0 Å². The highest BCUT2D eigenvalue weighted by Crippen LogP contribution is 2.24. The highest BCUT2D eigenvalue weighted by Gasteiger charge is 2.30. The quantitative estimate of drug-likeness (QED) is 0.675. The van der Waals surface area contributed by atoms with E-state index in [0.717, 1.165) is 25.9 Å². The average molecular weight is 200 g/mol. The van der Waals surface area contributed by atoms with E-state index in [1.807, 2.05) is 6.92 Å². The monoisotopic (exact) mass is 200 g/mol. The number of hydrogen-bond acceptors (Lipinski definition) is 3. The molecule has 0 aromatic rings. The predicted molar refractivity (Wildman–Crippen MR) is 54.9 cm³/mol. The van der Waals surface area contributed by atoms with Crippen LogP contribution in [0.15, 0.2) is 0 Å². The second kappa shape index (κ2) is 4.75. The van der Waals surface area contributed by atoms with Crippen LogP contribution >= 0.6 is 0 Å². The first-order chi connectivity index (χ1) is 6.57. The zero-order valence-corrected chi connectivity index (χ0v) is 9.01. The largest absolute Gasteiger partial charge is 0.374 e. The van der Waals surface area contributed by atoms with Crippen LogP contribution in [0.5, 0.6) is 0 Å². The molecule has 1 heterocycles. The first-order valence-electron chi connectivity index (χ1n) is 5.24. The summed E-state index contributed by atoms with van der Waals surface area (Å²) in [6.45, 7) is 5.54. The van der Waals surface area contributed by atoms with Gasteiger partial charge < -0.3 is 15.8 Å². The molecule has 3 N–H and O–H groups in total. The van der Waals surface area contributed by atoms with Crippen LogP contribution in [-0.4, -0.2) is 30.7 Å². The third-order valence-corrected chi connectivity index (χ3v) is 2.77. The zero-order valence-electron chi connectivity index (χ0n) is 9.01. The molecule has 4 nitrogen and oxygen atoms in total. The van der Waals surface area contributed by atoms with Gasteiger partial charge in [-0.25, -0.2) is 0 Å². The molecule has 0 bridgehead atoms. The van der Waals surface area contributed by atoms with Gasteiger partial charge in [0.2, 0.25) is 5.91 Å². The highest BCUT2D eigenvalue weighted by atomic mass is 16.5. The Labute approximate surface area is 85.2 Å². The molecule has 0 aromatic carbocycles. The summed E-state index contributed by atoms with van der Waals surface area (Å²) in [5.74, 6) is -0.283. The molecule has 1 saturated heterocycles. The average Bonchev–Trinajstić information content (AvgIpc) is 2.53. The van der Waals surface area contributed by atoms with Gasteiger partial charge in [-0.2, -0.15) is 0 Å². The van der Waals surface area contributed by atoms with Crippen molar-refractivity contribution in [3.63, 3.8) is 0 Å². The summed E-state index contributed by atoms with van der Waals surface area (Å²) < 4.78 is 5.60. The molecule has 2 atom stereocenters. The Morgan fingerprint density at radius 3 is 2.86 bits per heavy atom. The minimum absolute atomic E-state index is 0.108. The van der Waals surface area contributed by atoms with Crippen molar-refractivity contribution in [2.24, 2.45) is 5.73 Å². The van der Waals surface area contributed by atoms with Crippen molar-refractivity contribution >= 4 is 5.91 Å². The van der Waals surface area contributed by atoms with Gasteiger partial charge >= 0.3 is 0 Å². The summed E-state index contributed by atoms with van der Waals surface area (Å²) in [4.78, 5) is 11.0. The number of amides is 1. The summed E-state index contributed by atoms with van der Waals surface area (Å²) in [7, 11) is 0. The van der Waals surface area contributed by atoms with E-state index in [9.17, 15) is 4.79 Å². The summed E-state index contributed by atoms with van der Waals surface area (Å²) in [6.07, 6.45) is 2.88. The minimum atomic E-state index is -0.283. The van der Waals surface area contributed by atoms with Gasteiger partial charge in [-0.1, -0.05) is 6.92 Å². The van der Waals surface area contributed by atoms with Crippen LogP contribution < -0.4 is 11.1 Å². The Bertz CT molecular complexity index is 200. The molecular weight excluding hydrogens is 180 g/mol. The van der Waals surface area contributed by atoms with Gasteiger partial charge in [-0.3, -0.25) is 4.79 Å². The first kappa shape index (κ1) is 11.5. The Morgan fingerprint density at radius 1 is 1.71 bits per heavy atom. The van der Waals surface area contributed by atoms with E-state index >= 15 is 0 Å². The molecule has 1 fully saturated rings. The second-order valence-electron chi connectivity index (χ2n) is 4.15. The number of carbonyl (C=O) groups excluding carboxylic acids is 1. The maximum atomic E-state index is 11.0. The molecule has 82 valence electrons. The summed E-state index contributed by atoms with van der Waals surface area (Å²) >= 11 is 0. The zero-order chi connectivity index (χ0) is 10.6. The van der Waals surface area contributed by atoms with E-state index in [4.69, 9.17) is 10.5 Å². The molecular formula is C10H20N2O2. The van der Waals surface area contributed by atoms with E-state index in [1.165, 1.54) is 0 Å². The maximum absolute atomic E-state index is 11.0. The number of carbonyl (C=O) groups is 1. The van der Waals surface area contributed by atoms with Crippen molar-refractivity contribution in [1.29, 1.82) is 0 Å². The number of rotatable bonds is 5. The number of nitrogens with two attached hydrogens (primary N) is 1. The third kappa shape index (κ3) is 2.96. The predicted octanol–water partition coefficient (Wildman–Crippen LogP) is 0.409. The van der Waals surface area contributed by atoms with Crippen molar-refractivity contribution in [2.75, 3.05) is 13.2 Å². The highest BCUT2D eigenvalue weighted by molar-refractivity contribution is 5.79. The third-order valence-electron chi connectivity index (χ3n) is 2.77. The first-order valence-corrected chi connectivity index (χ1v) is 5.24. The lowest BCUT2D eigenvalue weighted by Crippen LogP contribution is -2.47. The van der Waals surface area contributed by atoms with Crippen molar-refractivity contribution < 1.29 is 9.53 Å². The smallest absolute Gasteiger partial charge is 0.234 e. The molecule has 1 amide bonds. The second-order valence-corrected chi connectivity index (χ2v) is 4.15. The van der Waals surface area contributed by atoms with E-state index in [2.05, 4.69) is 12.2 Å². The Hall–Kier alpha value is -0.610. The number of nitrogens with one attached hydrogen (secondary N) is 1. The van der Waals surface area contributed by atoms with E-state index in [0.29, 0.717) is 6.54 Å². The summed E-state index contributed by atoms with van der Waals surface area (Å²) in [5, 5.41) is 3.15. The van der Waals surface area contributed by atoms with Crippen LogP contribution in [0.4, 0.5) is 0 Å². The normalized spacial score (nSPS) is 29.0. The van der Waals surface area contributed by atoms with Crippen molar-refractivity contribution in [2.45, 2.75) is 44.8 Å². The Morgan fingerprint density at radius 2 is 2.43 bits per heavy atom. The maximum Gasteiger partial charge on any atom is 0.234 e. The Balaban J connectivity index is 2.34. The lowest BCUT2D eigenvalue weighted by Gasteiger charge is -2.25. The van der Waals surface area contributed by atoms with Gasteiger partial charge in [0, 0.05) is 13.2 Å². The molecule has 0 saturated carbocycles. The van der Waals surface area contributed by atoms with Crippen LogP contribution in [0.3, 0.4) is 0 Å². The molecule has 0 spiro atoms. The van der Waals surface area contributed by atoms with Gasteiger partial charge in [-0.15, -0.1) is 0 Å². The van der Waals surface area contributed by atoms with E-state index in [1.54, 1.807) is 0 Å². The van der Waals surface area contributed by atoms with Crippen molar-refractivity contribution in [1.82, 2.24) is 5.32 Å². The standard InChI is InChI=1S/C10H20N2O2/c1-3-8(9(11)13)12-7-10(2)5-4-6-14-10/h8,12H,3-7H2,1-2H3,(H2,11,13). The van der Waals surface area contributed by atoms with E-state index < -0.39 is 0 Å². The van der Waals surface area contributed by atoms with Gasteiger partial charge in [0.25, 0.3) is 0 Å². The summed E-state index contributed by atoms with van der Waals surface area (Å²) in [5.41, 5.74) is 5.12. The molecule has 0 aliphatic carbocycles. The van der Waals surface area contributed by atoms with Crippen LogP contribution in [0.2, 0.25) is 0 Å². The molecule has 1 rings (SSSR count). The number of primary amides is 1. The van der Waals surface area contributed by atoms with Crippen LogP contribution in [0.1, 0.15) is 33.1 Å². The molecule has 1 aliphatic rings. The van der Waals surface area contributed by atoms with Crippen LogP contribution in [-0.2, 0) is 9.53 Å². The molecule has 0 aromatic heterocycles. The molecule has 4 heteroatoms. The molecule has 1 aliphatic heterocycles. The SMILES string of the molecule is CCC(NCC1(C)CCCO1)C(N)=O.